The minimum atomic E-state index is -0.477. The van der Waals surface area contributed by atoms with Crippen LogP contribution in [0, 0.1) is 6.92 Å². The van der Waals surface area contributed by atoms with Crippen molar-refractivity contribution in [1.29, 1.82) is 0 Å². The van der Waals surface area contributed by atoms with E-state index in [-0.39, 0.29) is 16.9 Å². The molecule has 4 aromatic carbocycles. The molecule has 226 valence electrons. The number of thioether (sulfide) groups is 1. The zero-order valence-corrected chi connectivity index (χ0v) is 26.6. The van der Waals surface area contributed by atoms with Crippen LogP contribution in [0.1, 0.15) is 34.8 Å². The lowest BCUT2D eigenvalue weighted by atomic mass is 10.1. The van der Waals surface area contributed by atoms with Crippen molar-refractivity contribution >= 4 is 64.2 Å². The molecule has 0 aliphatic heterocycles. The van der Waals surface area contributed by atoms with Gasteiger partial charge in [0.1, 0.15) is 5.70 Å². The van der Waals surface area contributed by atoms with Crippen LogP contribution in [-0.4, -0.2) is 37.1 Å². The van der Waals surface area contributed by atoms with Gasteiger partial charge in [-0.3, -0.25) is 14.4 Å². The summed E-state index contributed by atoms with van der Waals surface area (Å²) in [6, 6.07) is 29.0. The average molecular weight is 627 g/mol. The Morgan fingerprint density at radius 1 is 0.886 bits per heavy atom. The van der Waals surface area contributed by atoms with E-state index in [1.807, 2.05) is 87.4 Å². The van der Waals surface area contributed by atoms with Crippen molar-refractivity contribution in [2.24, 2.45) is 0 Å². The van der Waals surface area contributed by atoms with Gasteiger partial charge in [-0.25, -0.2) is 0 Å². The summed E-state index contributed by atoms with van der Waals surface area (Å²) in [4.78, 5) is 42.4. The Morgan fingerprint density at radius 2 is 1.61 bits per heavy atom. The average Bonchev–Trinajstić information content (AvgIpc) is 3.02. The molecule has 0 fully saturated rings. The quantitative estimate of drug-likeness (QED) is 0.118. The maximum Gasteiger partial charge on any atom is 0.272 e. The van der Waals surface area contributed by atoms with Gasteiger partial charge in [0.05, 0.1) is 5.25 Å². The predicted molar refractivity (Wildman–Crippen MR) is 182 cm³/mol. The Labute approximate surface area is 267 Å². The van der Waals surface area contributed by atoms with Crippen LogP contribution >= 0.6 is 23.4 Å². The van der Waals surface area contributed by atoms with Crippen LogP contribution in [0.2, 0.25) is 5.02 Å². The van der Waals surface area contributed by atoms with Crippen LogP contribution in [0.5, 0.6) is 0 Å². The highest BCUT2D eigenvalue weighted by Crippen LogP contribution is 2.30. The van der Waals surface area contributed by atoms with Gasteiger partial charge in [0.2, 0.25) is 5.91 Å². The number of anilines is 3. The second-order valence-electron chi connectivity index (χ2n) is 10.3. The van der Waals surface area contributed by atoms with Crippen LogP contribution in [0.3, 0.4) is 0 Å². The molecule has 0 aliphatic carbocycles. The van der Waals surface area contributed by atoms with Crippen molar-refractivity contribution in [1.82, 2.24) is 5.32 Å². The zero-order chi connectivity index (χ0) is 31.6. The first kappa shape index (κ1) is 32.4. The van der Waals surface area contributed by atoms with Gasteiger partial charge < -0.3 is 20.9 Å². The number of rotatable bonds is 11. The van der Waals surface area contributed by atoms with Gasteiger partial charge in [0, 0.05) is 46.6 Å². The van der Waals surface area contributed by atoms with Crippen molar-refractivity contribution in [3.05, 3.63) is 124 Å². The second kappa shape index (κ2) is 15.3. The van der Waals surface area contributed by atoms with E-state index < -0.39 is 11.8 Å². The third-order valence-electron chi connectivity index (χ3n) is 6.74. The topological polar surface area (TPSA) is 90.5 Å². The zero-order valence-electron chi connectivity index (χ0n) is 25.1. The van der Waals surface area contributed by atoms with E-state index >= 15 is 0 Å². The van der Waals surface area contributed by atoms with Crippen molar-refractivity contribution in [2.45, 2.75) is 30.4 Å². The van der Waals surface area contributed by atoms with Gasteiger partial charge in [0.25, 0.3) is 11.8 Å². The second-order valence-corrected chi connectivity index (χ2v) is 12.0. The number of nitrogens with zero attached hydrogens (tertiary/aromatic N) is 1. The van der Waals surface area contributed by atoms with Crippen LogP contribution in [0.15, 0.2) is 108 Å². The Kier molecular flexibility index (Phi) is 11.2. The largest absolute Gasteiger partial charge is 0.378 e. The first-order valence-electron chi connectivity index (χ1n) is 14.1. The van der Waals surface area contributed by atoms with E-state index in [1.165, 1.54) is 11.8 Å². The number of nitrogens with one attached hydrogen (secondary N) is 3. The van der Waals surface area contributed by atoms with Crippen LogP contribution in [0.4, 0.5) is 17.1 Å². The van der Waals surface area contributed by atoms with E-state index in [2.05, 4.69) is 16.0 Å². The first-order valence-corrected chi connectivity index (χ1v) is 15.4. The van der Waals surface area contributed by atoms with E-state index in [1.54, 1.807) is 48.5 Å². The fraction of sp³-hybridized carbons (Fsp3) is 0.171. The number of carbonyl (C=O) groups is 3. The first-order chi connectivity index (χ1) is 21.1. The lowest BCUT2D eigenvalue weighted by molar-refractivity contribution is -0.116. The van der Waals surface area contributed by atoms with Crippen molar-refractivity contribution in [3.63, 3.8) is 0 Å². The molecule has 44 heavy (non-hydrogen) atoms. The predicted octanol–water partition coefficient (Wildman–Crippen LogP) is 7.63. The summed E-state index contributed by atoms with van der Waals surface area (Å²) in [5.41, 5.74) is 4.42. The van der Waals surface area contributed by atoms with Crippen LogP contribution < -0.4 is 20.9 Å². The van der Waals surface area contributed by atoms with Crippen molar-refractivity contribution in [2.75, 3.05) is 29.6 Å². The molecule has 3 amide bonds. The molecule has 1 unspecified atom stereocenters. The summed E-state index contributed by atoms with van der Waals surface area (Å²) in [6.07, 6.45) is 2.24. The smallest absolute Gasteiger partial charge is 0.272 e. The number of amides is 3. The van der Waals surface area contributed by atoms with E-state index in [9.17, 15) is 14.4 Å². The molecule has 4 rings (SSSR count). The Morgan fingerprint density at radius 3 is 2.30 bits per heavy atom. The summed E-state index contributed by atoms with van der Waals surface area (Å²) in [5.74, 6) is -1.01. The van der Waals surface area contributed by atoms with Gasteiger partial charge >= 0.3 is 0 Å². The molecule has 7 nitrogen and oxygen atoms in total. The third-order valence-corrected chi connectivity index (χ3v) is 8.33. The third kappa shape index (κ3) is 8.99. The maximum absolute atomic E-state index is 13.5. The van der Waals surface area contributed by atoms with Gasteiger partial charge in [-0.1, -0.05) is 61.0 Å². The molecule has 9 heteroatoms. The van der Waals surface area contributed by atoms with Gasteiger partial charge in [-0.15, -0.1) is 11.8 Å². The van der Waals surface area contributed by atoms with E-state index in [4.69, 9.17) is 11.6 Å². The minimum absolute atomic E-state index is 0.0946. The molecule has 0 aromatic heterocycles. The molecular weight excluding hydrogens is 592 g/mol. The van der Waals surface area contributed by atoms with Crippen molar-refractivity contribution in [3.8, 4) is 0 Å². The number of hydrogen-bond acceptors (Lipinski definition) is 5. The summed E-state index contributed by atoms with van der Waals surface area (Å²) in [7, 11) is 3.90. The molecule has 0 spiro atoms. The fourth-order valence-electron chi connectivity index (χ4n) is 4.25. The standard InChI is InChI=1S/C35H35ClN4O3S/c1-5-32(35(43)38-30-21-26(36)17-14-23(30)2)44-29-13-9-12-27(22-29)37-34(42)31(39-33(41)25-10-7-6-8-11-25)20-24-15-18-28(19-16-24)40(3)4/h6-22,32H,5H2,1-4H3,(H,37,42)(H,38,43)(H,39,41)/b31-20+. The Hall–Kier alpha value is -4.53. The molecular formula is C35H35ClN4O3S. The maximum atomic E-state index is 13.5. The molecule has 0 heterocycles. The summed E-state index contributed by atoms with van der Waals surface area (Å²) < 4.78 is 0. The molecule has 0 aliphatic rings. The van der Waals surface area contributed by atoms with E-state index in [0.717, 1.165) is 21.7 Å². The molecule has 1 atom stereocenters. The highest BCUT2D eigenvalue weighted by Gasteiger charge is 2.20. The fourth-order valence-corrected chi connectivity index (χ4v) is 5.44. The molecule has 0 saturated carbocycles. The molecule has 3 N–H and O–H groups in total. The number of benzene rings is 4. The summed E-state index contributed by atoms with van der Waals surface area (Å²) in [6.45, 7) is 3.86. The normalized spacial score (nSPS) is 11.8. The SMILES string of the molecule is CCC(Sc1cccc(NC(=O)/C(=C\c2ccc(N(C)C)cc2)NC(=O)c2ccccc2)c1)C(=O)Nc1cc(Cl)ccc1C. The van der Waals surface area contributed by atoms with Crippen LogP contribution in [0.25, 0.3) is 6.08 Å². The minimum Gasteiger partial charge on any atom is -0.378 e. The van der Waals surface area contributed by atoms with Crippen molar-refractivity contribution < 1.29 is 14.4 Å². The highest BCUT2D eigenvalue weighted by atomic mass is 35.5. The number of hydrogen-bond donors (Lipinski definition) is 3. The molecule has 0 saturated heterocycles. The number of carbonyl (C=O) groups excluding carboxylic acids is 3. The van der Waals surface area contributed by atoms with Gasteiger partial charge in [0.15, 0.2) is 0 Å². The Bertz CT molecular complexity index is 1660. The Balaban J connectivity index is 1.52. The molecule has 4 aromatic rings. The lowest BCUT2D eigenvalue weighted by Gasteiger charge is -2.17. The molecule has 0 bridgehead atoms. The van der Waals surface area contributed by atoms with Crippen LogP contribution in [-0.2, 0) is 9.59 Å². The lowest BCUT2D eigenvalue weighted by Crippen LogP contribution is -2.30. The summed E-state index contributed by atoms with van der Waals surface area (Å²) >= 11 is 7.53. The van der Waals surface area contributed by atoms with Gasteiger partial charge in [-0.2, -0.15) is 0 Å². The highest BCUT2D eigenvalue weighted by molar-refractivity contribution is 8.00. The molecule has 0 radical (unpaired) electrons. The monoisotopic (exact) mass is 626 g/mol. The number of halogens is 1. The van der Waals surface area contributed by atoms with E-state index in [0.29, 0.717) is 28.4 Å². The number of aryl methyl sites for hydroxylation is 1. The summed E-state index contributed by atoms with van der Waals surface area (Å²) in [5, 5.41) is 8.84. The van der Waals surface area contributed by atoms with Gasteiger partial charge in [-0.05, 0) is 85.1 Å².